The summed E-state index contributed by atoms with van der Waals surface area (Å²) in [5.41, 5.74) is 3.45. The second-order valence-electron chi connectivity index (χ2n) is 7.86. The van der Waals surface area contributed by atoms with Crippen LogP contribution in [0, 0.1) is 24.0 Å². The minimum Gasteiger partial charge on any atom is -0.456 e. The Hall–Kier alpha value is -3.85. The standard InChI is InChI=1S/C25H23N3O5S/c1-16-13-18(21(28(31)32)14-17(16)2)26-24(29)15-33-25(30)11-12-27-19-7-3-5-9-22(19)34-23-10-6-4-8-20(23)27/h3-10,13-14H,11-12,15H2,1-2H3,(H,26,29). The molecule has 0 spiro atoms. The first-order valence-corrected chi connectivity index (χ1v) is 11.5. The molecule has 9 heteroatoms. The SMILES string of the molecule is Cc1cc(NC(=O)COC(=O)CCN2c3ccccc3Sc3ccccc32)c([N+](=O)[O-])cc1C. The van der Waals surface area contributed by atoms with Crippen LogP contribution in [-0.4, -0.2) is 30.0 Å². The number of amides is 1. The highest BCUT2D eigenvalue weighted by Crippen LogP contribution is 2.47. The minimum atomic E-state index is -0.634. The number of benzene rings is 3. The van der Waals surface area contributed by atoms with Gasteiger partial charge in [0.2, 0.25) is 0 Å². The van der Waals surface area contributed by atoms with Crippen molar-refractivity contribution in [1.29, 1.82) is 0 Å². The molecular weight excluding hydrogens is 454 g/mol. The van der Waals surface area contributed by atoms with Gasteiger partial charge in [0.05, 0.1) is 22.7 Å². The monoisotopic (exact) mass is 477 g/mol. The fourth-order valence-corrected chi connectivity index (χ4v) is 4.78. The van der Waals surface area contributed by atoms with Gasteiger partial charge >= 0.3 is 5.97 Å². The Kier molecular flexibility index (Phi) is 6.83. The molecule has 0 bridgehead atoms. The lowest BCUT2D eigenvalue weighted by Gasteiger charge is -2.32. The van der Waals surface area contributed by atoms with Gasteiger partial charge in [-0.2, -0.15) is 0 Å². The van der Waals surface area contributed by atoms with E-state index >= 15 is 0 Å². The number of hydrogen-bond donors (Lipinski definition) is 1. The van der Waals surface area contributed by atoms with Gasteiger partial charge in [0.25, 0.3) is 11.6 Å². The van der Waals surface area contributed by atoms with E-state index in [9.17, 15) is 19.7 Å². The molecule has 3 aromatic carbocycles. The van der Waals surface area contributed by atoms with Crippen molar-refractivity contribution in [2.75, 3.05) is 23.4 Å². The van der Waals surface area contributed by atoms with E-state index in [1.165, 1.54) is 12.1 Å². The van der Waals surface area contributed by atoms with Gasteiger partial charge in [-0.3, -0.25) is 19.7 Å². The maximum atomic E-state index is 12.4. The zero-order chi connectivity index (χ0) is 24.2. The number of fused-ring (bicyclic) bond motifs is 2. The minimum absolute atomic E-state index is 0.0738. The third-order valence-corrected chi connectivity index (χ3v) is 6.65. The number of esters is 1. The average molecular weight is 478 g/mol. The fourth-order valence-electron chi connectivity index (χ4n) is 3.68. The van der Waals surface area contributed by atoms with Crippen molar-refractivity contribution in [2.24, 2.45) is 0 Å². The molecule has 174 valence electrons. The number of carbonyl (C=O) groups excluding carboxylic acids is 2. The summed E-state index contributed by atoms with van der Waals surface area (Å²) < 4.78 is 5.14. The third-order valence-electron chi connectivity index (χ3n) is 5.52. The number of ether oxygens (including phenoxy) is 1. The van der Waals surface area contributed by atoms with Crippen molar-refractivity contribution in [1.82, 2.24) is 0 Å². The Morgan fingerprint density at radius 3 is 2.21 bits per heavy atom. The Morgan fingerprint density at radius 2 is 1.59 bits per heavy atom. The molecule has 1 N–H and O–H groups in total. The number of nitrogens with zero attached hydrogens (tertiary/aromatic N) is 2. The second kappa shape index (κ2) is 9.96. The van der Waals surface area contributed by atoms with Crippen molar-refractivity contribution in [3.05, 3.63) is 81.9 Å². The second-order valence-corrected chi connectivity index (χ2v) is 8.94. The lowest BCUT2D eigenvalue weighted by molar-refractivity contribution is -0.384. The van der Waals surface area contributed by atoms with Gasteiger partial charge in [0.15, 0.2) is 6.61 Å². The van der Waals surface area contributed by atoms with Crippen LogP contribution in [0.2, 0.25) is 0 Å². The van der Waals surface area contributed by atoms with Crippen LogP contribution in [0.15, 0.2) is 70.5 Å². The molecule has 0 aliphatic carbocycles. The molecular formula is C25H23N3O5S. The lowest BCUT2D eigenvalue weighted by Crippen LogP contribution is -2.26. The maximum Gasteiger partial charge on any atom is 0.308 e. The molecule has 0 saturated carbocycles. The summed E-state index contributed by atoms with van der Waals surface area (Å²) in [4.78, 5) is 39.7. The molecule has 0 unspecified atom stereocenters. The largest absolute Gasteiger partial charge is 0.456 e. The number of carbonyl (C=O) groups is 2. The molecule has 1 aliphatic rings. The van der Waals surface area contributed by atoms with E-state index < -0.39 is 23.4 Å². The smallest absolute Gasteiger partial charge is 0.308 e. The van der Waals surface area contributed by atoms with Gasteiger partial charge < -0.3 is 15.0 Å². The van der Waals surface area contributed by atoms with Crippen LogP contribution in [0.3, 0.4) is 0 Å². The van der Waals surface area contributed by atoms with Gasteiger partial charge in [-0.15, -0.1) is 0 Å². The van der Waals surface area contributed by atoms with Crippen LogP contribution < -0.4 is 10.2 Å². The first-order valence-electron chi connectivity index (χ1n) is 10.7. The third kappa shape index (κ3) is 5.04. The number of aryl methyl sites for hydroxylation is 2. The molecule has 3 aromatic rings. The molecule has 8 nitrogen and oxygen atoms in total. The van der Waals surface area contributed by atoms with Crippen molar-refractivity contribution < 1.29 is 19.2 Å². The maximum absolute atomic E-state index is 12.4. The summed E-state index contributed by atoms with van der Waals surface area (Å²) in [6.07, 6.45) is 0.0738. The summed E-state index contributed by atoms with van der Waals surface area (Å²) in [6, 6.07) is 18.9. The normalized spacial score (nSPS) is 11.9. The van der Waals surface area contributed by atoms with Crippen molar-refractivity contribution in [3.63, 3.8) is 0 Å². The number of nitrogens with one attached hydrogen (secondary N) is 1. The van der Waals surface area contributed by atoms with E-state index in [4.69, 9.17) is 4.74 Å². The van der Waals surface area contributed by atoms with E-state index in [1.807, 2.05) is 48.5 Å². The Bertz CT molecular complexity index is 1230. The highest BCUT2D eigenvalue weighted by atomic mass is 32.2. The van der Waals surface area contributed by atoms with Gasteiger partial charge in [-0.05, 0) is 55.3 Å². The van der Waals surface area contributed by atoms with Crippen LogP contribution in [0.4, 0.5) is 22.7 Å². The van der Waals surface area contributed by atoms with E-state index in [1.54, 1.807) is 25.6 Å². The first-order chi connectivity index (χ1) is 16.3. The molecule has 0 saturated heterocycles. The highest BCUT2D eigenvalue weighted by Gasteiger charge is 2.24. The topological polar surface area (TPSA) is 102 Å². The summed E-state index contributed by atoms with van der Waals surface area (Å²) in [5, 5.41) is 13.8. The van der Waals surface area contributed by atoms with Crippen LogP contribution >= 0.6 is 11.8 Å². The quantitative estimate of drug-likeness (QED) is 0.277. The van der Waals surface area contributed by atoms with Crippen molar-refractivity contribution in [3.8, 4) is 0 Å². The predicted molar refractivity (Wildman–Crippen MR) is 131 cm³/mol. The molecule has 34 heavy (non-hydrogen) atoms. The van der Waals surface area contributed by atoms with E-state index in [-0.39, 0.29) is 17.8 Å². The fraction of sp³-hybridized carbons (Fsp3) is 0.200. The molecule has 1 aliphatic heterocycles. The molecule has 1 heterocycles. The van der Waals surface area contributed by atoms with Crippen molar-refractivity contribution >= 4 is 46.4 Å². The number of nitro groups is 1. The number of rotatable bonds is 7. The van der Waals surface area contributed by atoms with Crippen LogP contribution in [0.25, 0.3) is 0 Å². The number of para-hydroxylation sites is 2. The van der Waals surface area contributed by atoms with E-state index in [2.05, 4.69) is 10.2 Å². The first kappa shape index (κ1) is 23.3. The number of nitro benzene ring substituents is 1. The van der Waals surface area contributed by atoms with Gasteiger partial charge in [0, 0.05) is 22.4 Å². The zero-order valence-electron chi connectivity index (χ0n) is 18.7. The van der Waals surface area contributed by atoms with Gasteiger partial charge in [-0.1, -0.05) is 36.0 Å². The van der Waals surface area contributed by atoms with Crippen LogP contribution in [0.1, 0.15) is 17.5 Å². The summed E-state index contributed by atoms with van der Waals surface area (Å²) in [6.45, 7) is 3.42. The summed E-state index contributed by atoms with van der Waals surface area (Å²) >= 11 is 1.68. The van der Waals surface area contributed by atoms with Gasteiger partial charge in [-0.25, -0.2) is 0 Å². The zero-order valence-corrected chi connectivity index (χ0v) is 19.6. The van der Waals surface area contributed by atoms with E-state index in [0.717, 1.165) is 32.3 Å². The van der Waals surface area contributed by atoms with Crippen molar-refractivity contribution in [2.45, 2.75) is 30.1 Å². The van der Waals surface area contributed by atoms with E-state index in [0.29, 0.717) is 6.54 Å². The Labute approximate surface area is 201 Å². The molecule has 4 rings (SSSR count). The number of hydrogen-bond acceptors (Lipinski definition) is 7. The average Bonchev–Trinajstić information content (AvgIpc) is 2.82. The summed E-state index contributed by atoms with van der Waals surface area (Å²) in [5.74, 6) is -1.16. The summed E-state index contributed by atoms with van der Waals surface area (Å²) in [7, 11) is 0. The molecule has 0 fully saturated rings. The number of anilines is 3. The molecule has 0 radical (unpaired) electrons. The predicted octanol–water partition coefficient (Wildman–Crippen LogP) is 5.39. The molecule has 0 aromatic heterocycles. The molecule has 1 amide bonds. The molecule has 0 atom stereocenters. The highest BCUT2D eigenvalue weighted by molar-refractivity contribution is 7.99. The lowest BCUT2D eigenvalue weighted by atomic mass is 10.1. The Balaban J connectivity index is 1.37. The van der Waals surface area contributed by atoms with Gasteiger partial charge in [0.1, 0.15) is 5.69 Å². The Morgan fingerprint density at radius 1 is 1.00 bits per heavy atom. The van der Waals surface area contributed by atoms with Crippen LogP contribution in [-0.2, 0) is 14.3 Å². The van der Waals surface area contributed by atoms with Crippen LogP contribution in [0.5, 0.6) is 0 Å².